The van der Waals surface area contributed by atoms with E-state index < -0.39 is 0 Å². The van der Waals surface area contributed by atoms with Crippen LogP contribution in [0.2, 0.25) is 0 Å². The fourth-order valence-corrected chi connectivity index (χ4v) is 2.64. The van der Waals surface area contributed by atoms with E-state index in [1.165, 1.54) is 36.9 Å². The number of pyridine rings is 1. The number of anilines is 1. The molecule has 1 unspecified atom stereocenters. The quantitative estimate of drug-likeness (QED) is 0.849. The largest absolute Gasteiger partial charge is 0.376 e. The molecule has 1 saturated heterocycles. The van der Waals surface area contributed by atoms with Crippen molar-refractivity contribution in [3.8, 4) is 0 Å². The molecule has 0 radical (unpaired) electrons. The lowest BCUT2D eigenvalue weighted by Crippen LogP contribution is -2.30. The smallest absolute Gasteiger partial charge is 0.0750 e. The highest BCUT2D eigenvalue weighted by atomic mass is 16.5. The average molecular weight is 261 g/mol. The van der Waals surface area contributed by atoms with Gasteiger partial charge in [-0.3, -0.25) is 4.98 Å². The lowest BCUT2D eigenvalue weighted by atomic mass is 10.2. The maximum absolute atomic E-state index is 5.72. The summed E-state index contributed by atoms with van der Waals surface area (Å²) in [5.74, 6) is 0. The standard InChI is InChI=1S/C15H23N3O/c1-18(11-14-3-2-8-19-14)15-10-16-7-6-12(15)9-17-13-4-5-13/h6-7,10,13-14,17H,2-5,8-9,11H2,1H3. The lowest BCUT2D eigenvalue weighted by molar-refractivity contribution is 0.116. The molecule has 1 aromatic rings. The summed E-state index contributed by atoms with van der Waals surface area (Å²) in [6.45, 7) is 2.82. The van der Waals surface area contributed by atoms with E-state index in [2.05, 4.69) is 28.3 Å². The molecular weight excluding hydrogens is 238 g/mol. The summed E-state index contributed by atoms with van der Waals surface area (Å²) >= 11 is 0. The molecule has 1 N–H and O–H groups in total. The van der Waals surface area contributed by atoms with Gasteiger partial charge in [-0.2, -0.15) is 0 Å². The van der Waals surface area contributed by atoms with E-state index in [0.29, 0.717) is 6.10 Å². The van der Waals surface area contributed by atoms with Crippen LogP contribution in [0.25, 0.3) is 0 Å². The maximum atomic E-state index is 5.72. The monoisotopic (exact) mass is 261 g/mol. The molecule has 4 heteroatoms. The van der Waals surface area contributed by atoms with Crippen molar-refractivity contribution >= 4 is 5.69 Å². The Morgan fingerprint density at radius 2 is 2.32 bits per heavy atom. The summed E-state index contributed by atoms with van der Waals surface area (Å²) in [6, 6.07) is 2.86. The molecule has 1 saturated carbocycles. The molecular formula is C15H23N3O. The first-order valence-corrected chi connectivity index (χ1v) is 7.32. The SMILES string of the molecule is CN(CC1CCCO1)c1cnccc1CNC1CC1. The van der Waals surface area contributed by atoms with Gasteiger partial charge in [-0.25, -0.2) is 0 Å². The van der Waals surface area contributed by atoms with Gasteiger partial charge in [0, 0.05) is 39.0 Å². The van der Waals surface area contributed by atoms with Crippen LogP contribution in [0, 0.1) is 0 Å². The first-order chi connectivity index (χ1) is 9.33. The number of nitrogens with one attached hydrogen (secondary N) is 1. The maximum Gasteiger partial charge on any atom is 0.0750 e. The van der Waals surface area contributed by atoms with Gasteiger partial charge in [0.25, 0.3) is 0 Å². The Bertz CT molecular complexity index is 414. The molecule has 104 valence electrons. The van der Waals surface area contributed by atoms with E-state index in [9.17, 15) is 0 Å². The summed E-state index contributed by atoms with van der Waals surface area (Å²) < 4.78 is 5.72. The van der Waals surface area contributed by atoms with Gasteiger partial charge in [-0.15, -0.1) is 0 Å². The average Bonchev–Trinajstić information content (AvgIpc) is 3.13. The number of hydrogen-bond acceptors (Lipinski definition) is 4. The lowest BCUT2D eigenvalue weighted by Gasteiger charge is -2.24. The first kappa shape index (κ1) is 12.9. The van der Waals surface area contributed by atoms with E-state index >= 15 is 0 Å². The molecule has 3 rings (SSSR count). The Morgan fingerprint density at radius 3 is 3.05 bits per heavy atom. The molecule has 1 aromatic heterocycles. The molecule has 4 nitrogen and oxygen atoms in total. The van der Waals surface area contributed by atoms with Crippen LogP contribution in [0.4, 0.5) is 5.69 Å². The minimum Gasteiger partial charge on any atom is -0.376 e. The van der Waals surface area contributed by atoms with Crippen LogP contribution < -0.4 is 10.2 Å². The van der Waals surface area contributed by atoms with E-state index in [-0.39, 0.29) is 0 Å². The second-order valence-corrected chi connectivity index (χ2v) is 5.68. The van der Waals surface area contributed by atoms with Crippen LogP contribution in [0.15, 0.2) is 18.5 Å². The molecule has 2 fully saturated rings. The number of nitrogens with zero attached hydrogens (tertiary/aromatic N) is 2. The highest BCUT2D eigenvalue weighted by molar-refractivity contribution is 5.51. The van der Waals surface area contributed by atoms with Crippen molar-refractivity contribution in [2.75, 3.05) is 25.1 Å². The van der Waals surface area contributed by atoms with Crippen molar-refractivity contribution in [1.29, 1.82) is 0 Å². The molecule has 19 heavy (non-hydrogen) atoms. The van der Waals surface area contributed by atoms with Crippen LogP contribution in [-0.4, -0.2) is 37.3 Å². The Morgan fingerprint density at radius 1 is 1.42 bits per heavy atom. The predicted molar refractivity (Wildman–Crippen MR) is 76.3 cm³/mol. The van der Waals surface area contributed by atoms with Gasteiger partial charge in [-0.05, 0) is 37.3 Å². The predicted octanol–water partition coefficient (Wildman–Crippen LogP) is 1.95. The third-order valence-corrected chi connectivity index (χ3v) is 3.96. The van der Waals surface area contributed by atoms with Crippen molar-refractivity contribution in [2.45, 2.75) is 44.4 Å². The third kappa shape index (κ3) is 3.45. The van der Waals surface area contributed by atoms with Gasteiger partial charge in [0.05, 0.1) is 18.0 Å². The zero-order valence-corrected chi connectivity index (χ0v) is 11.6. The van der Waals surface area contributed by atoms with Gasteiger partial charge in [0.2, 0.25) is 0 Å². The second kappa shape index (κ2) is 5.88. The van der Waals surface area contributed by atoms with Crippen LogP contribution in [0.3, 0.4) is 0 Å². The summed E-state index contributed by atoms with van der Waals surface area (Å²) in [7, 11) is 2.14. The van der Waals surface area contributed by atoms with E-state index in [0.717, 1.165) is 25.7 Å². The highest BCUT2D eigenvalue weighted by Gasteiger charge is 2.22. The van der Waals surface area contributed by atoms with E-state index in [4.69, 9.17) is 4.74 Å². The fourth-order valence-electron chi connectivity index (χ4n) is 2.64. The molecule has 0 amide bonds. The zero-order valence-electron chi connectivity index (χ0n) is 11.6. The summed E-state index contributed by atoms with van der Waals surface area (Å²) in [5.41, 5.74) is 2.56. The topological polar surface area (TPSA) is 37.4 Å². The van der Waals surface area contributed by atoms with E-state index in [1.54, 1.807) is 0 Å². The minimum absolute atomic E-state index is 0.384. The van der Waals surface area contributed by atoms with Crippen molar-refractivity contribution in [1.82, 2.24) is 10.3 Å². The molecule has 1 aliphatic carbocycles. The van der Waals surface area contributed by atoms with Gasteiger partial charge < -0.3 is 15.0 Å². The van der Waals surface area contributed by atoms with E-state index in [1.807, 2.05) is 12.4 Å². The first-order valence-electron chi connectivity index (χ1n) is 7.32. The van der Waals surface area contributed by atoms with Crippen LogP contribution >= 0.6 is 0 Å². The zero-order chi connectivity index (χ0) is 13.1. The van der Waals surface area contributed by atoms with Gasteiger partial charge in [-0.1, -0.05) is 0 Å². The van der Waals surface area contributed by atoms with Crippen LogP contribution in [0.5, 0.6) is 0 Å². The Balaban J connectivity index is 1.63. The molecule has 0 bridgehead atoms. The Kier molecular flexibility index (Phi) is 3.99. The third-order valence-electron chi connectivity index (χ3n) is 3.96. The van der Waals surface area contributed by atoms with Gasteiger partial charge in [0.1, 0.15) is 0 Å². The second-order valence-electron chi connectivity index (χ2n) is 5.68. The van der Waals surface area contributed by atoms with Crippen molar-refractivity contribution in [3.63, 3.8) is 0 Å². The summed E-state index contributed by atoms with van der Waals surface area (Å²) in [6.07, 6.45) is 9.27. The molecule has 2 aliphatic rings. The molecule has 0 spiro atoms. The fraction of sp³-hybridized carbons (Fsp3) is 0.667. The highest BCUT2D eigenvalue weighted by Crippen LogP contribution is 2.23. The summed E-state index contributed by atoms with van der Waals surface area (Å²) in [4.78, 5) is 6.56. The molecule has 1 aliphatic heterocycles. The molecule has 1 atom stereocenters. The molecule has 0 aromatic carbocycles. The number of ether oxygens (including phenoxy) is 1. The Hall–Kier alpha value is -1.13. The number of likely N-dealkylation sites (N-methyl/N-ethyl adjacent to an activating group) is 1. The number of hydrogen-bond donors (Lipinski definition) is 1. The minimum atomic E-state index is 0.384. The van der Waals surface area contributed by atoms with Crippen LogP contribution in [-0.2, 0) is 11.3 Å². The Labute approximate surface area is 115 Å². The molecule has 2 heterocycles. The number of aromatic nitrogens is 1. The normalized spacial score (nSPS) is 22.7. The van der Waals surface area contributed by atoms with Gasteiger partial charge in [0.15, 0.2) is 0 Å². The number of rotatable bonds is 6. The van der Waals surface area contributed by atoms with Crippen molar-refractivity contribution in [3.05, 3.63) is 24.0 Å². The summed E-state index contributed by atoms with van der Waals surface area (Å²) in [5, 5.41) is 3.58. The van der Waals surface area contributed by atoms with Gasteiger partial charge >= 0.3 is 0 Å². The van der Waals surface area contributed by atoms with Crippen LogP contribution in [0.1, 0.15) is 31.2 Å². The van der Waals surface area contributed by atoms with Crippen molar-refractivity contribution < 1.29 is 4.74 Å². The van der Waals surface area contributed by atoms with Crippen molar-refractivity contribution in [2.24, 2.45) is 0 Å².